The zero-order chi connectivity index (χ0) is 14.7. The van der Waals surface area contributed by atoms with Gasteiger partial charge in [-0.2, -0.15) is 0 Å². The molecule has 1 aromatic heterocycles. The zero-order valence-corrected chi connectivity index (χ0v) is 12.8. The molecule has 3 heterocycles. The van der Waals surface area contributed by atoms with Gasteiger partial charge < -0.3 is 9.64 Å². The van der Waals surface area contributed by atoms with E-state index in [1.165, 1.54) is 6.42 Å². The van der Waals surface area contributed by atoms with Gasteiger partial charge in [0.05, 0.1) is 6.10 Å². The summed E-state index contributed by atoms with van der Waals surface area (Å²) in [5, 5.41) is 0.547. The molecule has 0 aliphatic carbocycles. The van der Waals surface area contributed by atoms with E-state index in [1.54, 1.807) is 18.3 Å². The topological polar surface area (TPSA) is 45.7 Å². The molecule has 0 N–H and O–H groups in total. The van der Waals surface area contributed by atoms with Crippen LogP contribution < -0.4 is 0 Å². The first kappa shape index (κ1) is 14.8. The molecule has 1 aromatic rings. The Morgan fingerprint density at radius 2 is 2.19 bits per heavy atom. The van der Waals surface area contributed by atoms with E-state index >= 15 is 0 Å². The number of pyridine rings is 1. The standard InChI is InChI=1S/C15H20ClN3O2/c16-12-3-4-17-14(10-12)15(20)19-7-5-18(6-8-19)11-13-2-1-9-21-13/h3-4,10,13H,1-2,5-9,11H2. The number of hydrogen-bond acceptors (Lipinski definition) is 4. The second kappa shape index (κ2) is 6.73. The van der Waals surface area contributed by atoms with Gasteiger partial charge in [-0.05, 0) is 25.0 Å². The van der Waals surface area contributed by atoms with Gasteiger partial charge in [0.1, 0.15) is 5.69 Å². The summed E-state index contributed by atoms with van der Waals surface area (Å²) in [6.07, 6.45) is 4.28. The number of nitrogens with zero attached hydrogens (tertiary/aromatic N) is 3. The van der Waals surface area contributed by atoms with Crippen molar-refractivity contribution >= 4 is 17.5 Å². The van der Waals surface area contributed by atoms with E-state index < -0.39 is 0 Å². The monoisotopic (exact) mass is 309 g/mol. The van der Waals surface area contributed by atoms with Gasteiger partial charge in [-0.15, -0.1) is 0 Å². The van der Waals surface area contributed by atoms with Crippen LogP contribution in [0.15, 0.2) is 18.3 Å². The molecule has 2 aliphatic rings. The van der Waals surface area contributed by atoms with E-state index in [2.05, 4.69) is 9.88 Å². The summed E-state index contributed by atoms with van der Waals surface area (Å²) < 4.78 is 5.67. The number of piperazine rings is 1. The second-order valence-corrected chi connectivity index (χ2v) is 6.02. The summed E-state index contributed by atoms with van der Waals surface area (Å²) in [6.45, 7) is 5.14. The lowest BCUT2D eigenvalue weighted by Gasteiger charge is -2.35. The molecule has 6 heteroatoms. The SMILES string of the molecule is O=C(c1cc(Cl)ccn1)N1CCN(CC2CCCO2)CC1. The molecule has 2 aliphatic heterocycles. The van der Waals surface area contributed by atoms with Crippen molar-refractivity contribution in [3.63, 3.8) is 0 Å². The van der Waals surface area contributed by atoms with E-state index in [0.29, 0.717) is 16.8 Å². The summed E-state index contributed by atoms with van der Waals surface area (Å²) in [5.74, 6) is -0.0331. The number of aromatic nitrogens is 1. The first-order valence-corrected chi connectivity index (χ1v) is 7.85. The highest BCUT2D eigenvalue weighted by Gasteiger charge is 2.25. The third-order valence-electron chi connectivity index (χ3n) is 4.09. The number of ether oxygens (including phenoxy) is 1. The van der Waals surface area contributed by atoms with Crippen LogP contribution in [0.3, 0.4) is 0 Å². The van der Waals surface area contributed by atoms with Crippen LogP contribution in [0.4, 0.5) is 0 Å². The van der Waals surface area contributed by atoms with Gasteiger partial charge in [-0.3, -0.25) is 14.7 Å². The lowest BCUT2D eigenvalue weighted by atomic mass is 10.2. The average Bonchev–Trinajstić information content (AvgIpc) is 3.00. The fourth-order valence-corrected chi connectivity index (χ4v) is 3.05. The van der Waals surface area contributed by atoms with E-state index in [4.69, 9.17) is 16.3 Å². The summed E-state index contributed by atoms with van der Waals surface area (Å²) >= 11 is 5.91. The molecule has 21 heavy (non-hydrogen) atoms. The largest absolute Gasteiger partial charge is 0.377 e. The van der Waals surface area contributed by atoms with Gasteiger partial charge in [0.15, 0.2) is 0 Å². The first-order valence-electron chi connectivity index (χ1n) is 7.47. The second-order valence-electron chi connectivity index (χ2n) is 5.59. The van der Waals surface area contributed by atoms with Crippen molar-refractivity contribution in [1.29, 1.82) is 0 Å². The number of amides is 1. The van der Waals surface area contributed by atoms with Crippen molar-refractivity contribution in [2.45, 2.75) is 18.9 Å². The Labute approximate surface area is 129 Å². The lowest BCUT2D eigenvalue weighted by molar-refractivity contribution is 0.0430. The molecular weight excluding hydrogens is 290 g/mol. The van der Waals surface area contributed by atoms with Crippen LogP contribution >= 0.6 is 11.6 Å². The number of rotatable bonds is 3. The molecule has 0 bridgehead atoms. The lowest BCUT2D eigenvalue weighted by Crippen LogP contribution is -2.50. The highest BCUT2D eigenvalue weighted by Crippen LogP contribution is 2.16. The Hall–Kier alpha value is -1.17. The van der Waals surface area contributed by atoms with Crippen LogP contribution in [0.1, 0.15) is 23.3 Å². The van der Waals surface area contributed by atoms with Gasteiger partial charge in [0.2, 0.25) is 0 Å². The number of hydrogen-bond donors (Lipinski definition) is 0. The van der Waals surface area contributed by atoms with E-state index in [1.807, 2.05) is 4.90 Å². The molecule has 0 spiro atoms. The van der Waals surface area contributed by atoms with Crippen LogP contribution in [0.2, 0.25) is 5.02 Å². The molecular formula is C15H20ClN3O2. The third kappa shape index (κ3) is 3.73. The molecule has 3 rings (SSSR count). The number of carbonyl (C=O) groups is 1. The Bertz CT molecular complexity index is 497. The molecule has 0 saturated carbocycles. The van der Waals surface area contributed by atoms with Gasteiger partial charge in [-0.25, -0.2) is 0 Å². The summed E-state index contributed by atoms with van der Waals surface area (Å²) in [6, 6.07) is 3.31. The minimum absolute atomic E-state index is 0.0331. The highest BCUT2D eigenvalue weighted by molar-refractivity contribution is 6.30. The van der Waals surface area contributed by atoms with Crippen molar-refractivity contribution in [1.82, 2.24) is 14.8 Å². The number of halogens is 1. The maximum atomic E-state index is 12.4. The summed E-state index contributed by atoms with van der Waals surface area (Å²) in [5.41, 5.74) is 0.426. The van der Waals surface area contributed by atoms with Crippen molar-refractivity contribution in [3.05, 3.63) is 29.0 Å². The van der Waals surface area contributed by atoms with E-state index in [0.717, 1.165) is 45.8 Å². The van der Waals surface area contributed by atoms with Crippen molar-refractivity contribution in [2.24, 2.45) is 0 Å². The van der Waals surface area contributed by atoms with E-state index in [-0.39, 0.29) is 5.91 Å². The van der Waals surface area contributed by atoms with Crippen LogP contribution in [0.25, 0.3) is 0 Å². The predicted octanol–water partition coefficient (Wildman–Crippen LogP) is 1.67. The molecule has 1 unspecified atom stereocenters. The molecule has 2 saturated heterocycles. The molecule has 2 fully saturated rings. The van der Waals surface area contributed by atoms with Gasteiger partial charge in [-0.1, -0.05) is 11.6 Å². The predicted molar refractivity (Wildman–Crippen MR) is 80.6 cm³/mol. The average molecular weight is 310 g/mol. The maximum absolute atomic E-state index is 12.4. The minimum Gasteiger partial charge on any atom is -0.377 e. The Morgan fingerprint density at radius 3 is 2.86 bits per heavy atom. The number of carbonyl (C=O) groups excluding carboxylic acids is 1. The Morgan fingerprint density at radius 1 is 1.38 bits per heavy atom. The van der Waals surface area contributed by atoms with Crippen molar-refractivity contribution in [3.8, 4) is 0 Å². The zero-order valence-electron chi connectivity index (χ0n) is 12.0. The van der Waals surface area contributed by atoms with Gasteiger partial charge in [0, 0.05) is 50.6 Å². The molecule has 0 radical (unpaired) electrons. The van der Waals surface area contributed by atoms with Gasteiger partial charge in [0.25, 0.3) is 5.91 Å². The quantitative estimate of drug-likeness (QED) is 0.852. The maximum Gasteiger partial charge on any atom is 0.272 e. The highest BCUT2D eigenvalue weighted by atomic mass is 35.5. The third-order valence-corrected chi connectivity index (χ3v) is 4.32. The molecule has 114 valence electrons. The fraction of sp³-hybridized carbons (Fsp3) is 0.600. The van der Waals surface area contributed by atoms with Crippen LogP contribution in [-0.4, -0.2) is 66.1 Å². The van der Waals surface area contributed by atoms with Crippen LogP contribution in [0.5, 0.6) is 0 Å². The Balaban J connectivity index is 1.52. The Kier molecular flexibility index (Phi) is 4.73. The van der Waals surface area contributed by atoms with Crippen molar-refractivity contribution in [2.75, 3.05) is 39.3 Å². The molecule has 5 nitrogen and oxygen atoms in total. The summed E-state index contributed by atoms with van der Waals surface area (Å²) in [4.78, 5) is 20.7. The fourth-order valence-electron chi connectivity index (χ4n) is 2.89. The van der Waals surface area contributed by atoms with Crippen molar-refractivity contribution < 1.29 is 9.53 Å². The van der Waals surface area contributed by atoms with Gasteiger partial charge >= 0.3 is 0 Å². The van der Waals surface area contributed by atoms with E-state index in [9.17, 15) is 4.79 Å². The van der Waals surface area contributed by atoms with Crippen LogP contribution in [-0.2, 0) is 4.74 Å². The normalized spacial score (nSPS) is 23.5. The first-order chi connectivity index (χ1) is 10.2. The smallest absolute Gasteiger partial charge is 0.272 e. The molecule has 0 aromatic carbocycles. The minimum atomic E-state index is -0.0331. The van der Waals surface area contributed by atoms with Crippen LogP contribution in [0, 0.1) is 0 Å². The molecule has 1 atom stereocenters. The summed E-state index contributed by atoms with van der Waals surface area (Å²) in [7, 11) is 0. The molecule has 1 amide bonds.